The van der Waals surface area contributed by atoms with Crippen LogP contribution in [0.5, 0.6) is 0 Å². The summed E-state index contributed by atoms with van der Waals surface area (Å²) in [7, 11) is 3.81. The van der Waals surface area contributed by atoms with Gasteiger partial charge in [0.25, 0.3) is 0 Å². The van der Waals surface area contributed by atoms with E-state index in [2.05, 4.69) is 40.8 Å². The van der Waals surface area contributed by atoms with Crippen molar-refractivity contribution < 1.29 is 14.3 Å². The average molecular weight is 397 g/mol. The zero-order valence-electron chi connectivity index (χ0n) is 18.1. The van der Waals surface area contributed by atoms with E-state index in [0.29, 0.717) is 6.61 Å². The highest BCUT2D eigenvalue weighted by Gasteiger charge is 2.51. The molecule has 0 saturated carbocycles. The molecular formula is C24H32N2O3. The molecule has 29 heavy (non-hydrogen) atoms. The van der Waals surface area contributed by atoms with Crippen LogP contribution < -0.4 is 0 Å². The van der Waals surface area contributed by atoms with E-state index in [4.69, 9.17) is 4.74 Å². The van der Waals surface area contributed by atoms with Gasteiger partial charge in [0, 0.05) is 54.7 Å². The highest BCUT2D eigenvalue weighted by Crippen LogP contribution is 2.50. The van der Waals surface area contributed by atoms with Crippen LogP contribution in [-0.4, -0.2) is 41.4 Å². The summed E-state index contributed by atoms with van der Waals surface area (Å²) in [5.41, 5.74) is 3.27. The Labute approximate surface area is 173 Å². The van der Waals surface area contributed by atoms with Gasteiger partial charge in [-0.25, -0.2) is 0 Å². The molecule has 4 rings (SSSR count). The summed E-state index contributed by atoms with van der Waals surface area (Å²) in [5.74, 6) is 0.220. The van der Waals surface area contributed by atoms with Crippen LogP contribution in [-0.2, 0) is 27.8 Å². The minimum Gasteiger partial charge on any atom is -0.385 e. The topological polar surface area (TPSA) is 51.5 Å². The van der Waals surface area contributed by atoms with Crippen LogP contribution in [0.25, 0.3) is 10.9 Å². The molecular weight excluding hydrogens is 364 g/mol. The molecule has 2 aromatic rings. The van der Waals surface area contributed by atoms with E-state index < -0.39 is 5.41 Å². The largest absolute Gasteiger partial charge is 0.385 e. The third-order valence-electron chi connectivity index (χ3n) is 6.92. The average Bonchev–Trinajstić information content (AvgIpc) is 2.97. The van der Waals surface area contributed by atoms with Crippen molar-refractivity contribution in [2.45, 2.75) is 52.1 Å². The summed E-state index contributed by atoms with van der Waals surface area (Å²) in [4.78, 5) is 27.8. The van der Waals surface area contributed by atoms with Crippen molar-refractivity contribution in [3.63, 3.8) is 0 Å². The molecule has 2 aliphatic rings. The number of carbonyl (C=O) groups excluding carboxylic acids is 2. The number of ether oxygens (including phenoxy) is 1. The maximum absolute atomic E-state index is 13.5. The Morgan fingerprint density at radius 3 is 2.66 bits per heavy atom. The lowest BCUT2D eigenvalue weighted by molar-refractivity contribution is -0.154. The molecule has 1 amide bonds. The first-order valence-electron chi connectivity index (χ1n) is 10.6. The Hall–Kier alpha value is -2.14. The second-order valence-corrected chi connectivity index (χ2v) is 9.68. The van der Waals surface area contributed by atoms with Gasteiger partial charge in [0.2, 0.25) is 5.91 Å². The van der Waals surface area contributed by atoms with Gasteiger partial charge in [-0.05, 0) is 36.8 Å². The second kappa shape index (κ2) is 7.28. The molecule has 2 aliphatic heterocycles. The first-order valence-corrected chi connectivity index (χ1v) is 10.6. The highest BCUT2D eigenvalue weighted by molar-refractivity contribution is 5.88. The molecule has 0 spiro atoms. The van der Waals surface area contributed by atoms with E-state index in [0.717, 1.165) is 25.5 Å². The molecule has 5 nitrogen and oxygen atoms in total. The number of fused-ring (bicyclic) bond motifs is 6. The van der Waals surface area contributed by atoms with Gasteiger partial charge >= 0.3 is 0 Å². The van der Waals surface area contributed by atoms with E-state index in [9.17, 15) is 9.59 Å². The SMILES string of the molecule is COCCC1C[C@H]2c3c(c4ccccc4n3C)C[C@@H](C1C=O)N2C(=O)C(C)(C)C. The quantitative estimate of drug-likeness (QED) is 0.737. The number of methoxy groups -OCH3 is 1. The number of piperidine rings is 1. The number of aldehydes is 1. The molecule has 1 aromatic carbocycles. The van der Waals surface area contributed by atoms with Crippen molar-refractivity contribution in [2.75, 3.05) is 13.7 Å². The van der Waals surface area contributed by atoms with Gasteiger partial charge in [0.15, 0.2) is 0 Å². The van der Waals surface area contributed by atoms with Crippen LogP contribution in [0.15, 0.2) is 24.3 Å². The molecule has 156 valence electrons. The summed E-state index contributed by atoms with van der Waals surface area (Å²) in [6, 6.07) is 8.37. The number of nitrogens with zero attached hydrogens (tertiary/aromatic N) is 2. The van der Waals surface area contributed by atoms with Gasteiger partial charge in [0.05, 0.1) is 6.04 Å². The van der Waals surface area contributed by atoms with Crippen LogP contribution >= 0.6 is 0 Å². The number of aromatic nitrogens is 1. The summed E-state index contributed by atoms with van der Waals surface area (Å²) in [6.07, 6.45) is 3.49. The van der Waals surface area contributed by atoms with E-state index in [1.54, 1.807) is 7.11 Å². The van der Waals surface area contributed by atoms with E-state index in [1.165, 1.54) is 22.2 Å². The fourth-order valence-electron chi connectivity index (χ4n) is 5.57. The Morgan fingerprint density at radius 2 is 2.00 bits per heavy atom. The highest BCUT2D eigenvalue weighted by atomic mass is 16.5. The monoisotopic (exact) mass is 396 g/mol. The summed E-state index contributed by atoms with van der Waals surface area (Å²) in [6.45, 7) is 6.56. The van der Waals surface area contributed by atoms with E-state index in [1.807, 2.05) is 20.8 Å². The molecule has 1 aromatic heterocycles. The first kappa shape index (κ1) is 20.1. The predicted molar refractivity (Wildman–Crippen MR) is 114 cm³/mol. The molecule has 1 fully saturated rings. The Morgan fingerprint density at radius 1 is 1.28 bits per heavy atom. The number of hydrogen-bond donors (Lipinski definition) is 0. The van der Waals surface area contributed by atoms with Crippen molar-refractivity contribution in [1.29, 1.82) is 0 Å². The molecule has 1 saturated heterocycles. The van der Waals surface area contributed by atoms with E-state index >= 15 is 0 Å². The molecule has 2 bridgehead atoms. The fourth-order valence-corrected chi connectivity index (χ4v) is 5.57. The Balaban J connectivity index is 1.89. The summed E-state index contributed by atoms with van der Waals surface area (Å²) < 4.78 is 7.59. The second-order valence-electron chi connectivity index (χ2n) is 9.68. The summed E-state index contributed by atoms with van der Waals surface area (Å²) in [5, 5.41) is 1.25. The minimum absolute atomic E-state index is 0.00549. The zero-order valence-corrected chi connectivity index (χ0v) is 18.1. The smallest absolute Gasteiger partial charge is 0.228 e. The van der Waals surface area contributed by atoms with Crippen molar-refractivity contribution >= 4 is 23.1 Å². The number of rotatable bonds is 4. The van der Waals surface area contributed by atoms with Crippen LogP contribution in [0.1, 0.15) is 50.9 Å². The van der Waals surface area contributed by atoms with Crippen LogP contribution in [0.2, 0.25) is 0 Å². The normalized spacial score (nSPS) is 26.4. The molecule has 3 heterocycles. The van der Waals surface area contributed by atoms with Gasteiger partial charge < -0.3 is 19.0 Å². The molecule has 5 heteroatoms. The molecule has 0 radical (unpaired) electrons. The molecule has 2 unspecified atom stereocenters. The minimum atomic E-state index is -0.481. The van der Waals surface area contributed by atoms with Gasteiger partial charge in [-0.3, -0.25) is 4.79 Å². The van der Waals surface area contributed by atoms with Crippen LogP contribution in [0, 0.1) is 17.3 Å². The maximum atomic E-state index is 13.5. The number of benzene rings is 1. The first-order chi connectivity index (χ1) is 13.8. The van der Waals surface area contributed by atoms with Crippen molar-refractivity contribution in [3.8, 4) is 0 Å². The lowest BCUT2D eigenvalue weighted by Crippen LogP contribution is -2.59. The van der Waals surface area contributed by atoms with Gasteiger partial charge in [-0.1, -0.05) is 39.0 Å². The third-order valence-corrected chi connectivity index (χ3v) is 6.92. The van der Waals surface area contributed by atoms with Gasteiger partial charge in [0.1, 0.15) is 6.29 Å². The zero-order chi connectivity index (χ0) is 20.9. The lowest BCUT2D eigenvalue weighted by Gasteiger charge is -2.53. The number of amides is 1. The predicted octanol–water partition coefficient (Wildman–Crippen LogP) is 3.89. The molecule has 4 atom stereocenters. The molecule has 0 aliphatic carbocycles. The van der Waals surface area contributed by atoms with Crippen LogP contribution in [0.4, 0.5) is 0 Å². The number of hydrogen-bond acceptors (Lipinski definition) is 3. The lowest BCUT2D eigenvalue weighted by atomic mass is 9.69. The third kappa shape index (κ3) is 3.10. The van der Waals surface area contributed by atoms with Crippen molar-refractivity contribution in [1.82, 2.24) is 9.47 Å². The number of carbonyl (C=O) groups is 2. The van der Waals surface area contributed by atoms with Gasteiger partial charge in [-0.15, -0.1) is 0 Å². The summed E-state index contributed by atoms with van der Waals surface area (Å²) >= 11 is 0. The maximum Gasteiger partial charge on any atom is 0.228 e. The Bertz CT molecular complexity index is 939. The van der Waals surface area contributed by atoms with Crippen LogP contribution in [0.3, 0.4) is 0 Å². The van der Waals surface area contributed by atoms with Crippen molar-refractivity contribution in [3.05, 3.63) is 35.5 Å². The number of para-hydroxylation sites is 1. The van der Waals surface area contributed by atoms with Gasteiger partial charge in [-0.2, -0.15) is 0 Å². The van der Waals surface area contributed by atoms with Crippen molar-refractivity contribution in [2.24, 2.45) is 24.3 Å². The standard InChI is InChI=1S/C24H32N2O3/c1-24(2,3)23(28)26-20-13-17-16-8-6-7-9-19(16)25(4)22(17)21(26)12-15(10-11-29-5)18(20)14-27/h6-9,14-15,18,20-21H,10-13H2,1-5H3/t15?,18?,20-,21-/m0/s1. The fraction of sp³-hybridized carbons (Fsp3) is 0.583. The number of aryl methyl sites for hydroxylation is 1. The molecule has 0 N–H and O–H groups in total. The Kier molecular flexibility index (Phi) is 5.06. The van der Waals surface area contributed by atoms with E-state index in [-0.39, 0.29) is 29.8 Å².